The number of fused-ring (bicyclic) bond motifs is 1. The van der Waals surface area contributed by atoms with Crippen LogP contribution in [0.3, 0.4) is 0 Å². The van der Waals surface area contributed by atoms with Gasteiger partial charge in [0.25, 0.3) is 0 Å². The summed E-state index contributed by atoms with van der Waals surface area (Å²) in [6, 6.07) is 17.7. The van der Waals surface area contributed by atoms with Gasteiger partial charge in [-0.25, -0.2) is 0 Å². The van der Waals surface area contributed by atoms with Gasteiger partial charge in [-0.15, -0.1) is 0 Å². The van der Waals surface area contributed by atoms with E-state index in [4.69, 9.17) is 4.74 Å². The Morgan fingerprint density at radius 2 is 1.64 bits per heavy atom. The van der Waals surface area contributed by atoms with Crippen LogP contribution in [-0.2, 0) is 16.6 Å². The number of carbonyl (C=O) groups excluding carboxylic acids is 1. The molecular weight excluding hydrogens is 314 g/mol. The number of benzene rings is 2. The highest BCUT2D eigenvalue weighted by molar-refractivity contribution is 5.99. The minimum Gasteiger partial charge on any atom is -0.547 e. The number of aryl methyl sites for hydroxylation is 1. The van der Waals surface area contributed by atoms with Gasteiger partial charge in [0.1, 0.15) is 6.10 Å². The van der Waals surface area contributed by atoms with E-state index in [1.807, 2.05) is 87.0 Å². The first kappa shape index (κ1) is 17.2. The maximum absolute atomic E-state index is 11.9. The molecule has 1 unspecified atom stereocenters. The molecule has 0 radical (unpaired) electrons. The van der Waals surface area contributed by atoms with Gasteiger partial charge in [0.15, 0.2) is 0 Å². The summed E-state index contributed by atoms with van der Waals surface area (Å²) in [5, 5.41) is 12.9. The quantitative estimate of drug-likeness (QED) is 0.733. The molecule has 0 amide bonds. The van der Waals surface area contributed by atoms with Gasteiger partial charge in [-0.1, -0.05) is 48.5 Å². The van der Waals surface area contributed by atoms with Gasteiger partial charge in [0.05, 0.1) is 17.3 Å². The van der Waals surface area contributed by atoms with Crippen LogP contribution in [-0.4, -0.2) is 16.1 Å². The first-order chi connectivity index (χ1) is 11.8. The van der Waals surface area contributed by atoms with Crippen molar-refractivity contribution in [2.45, 2.75) is 32.5 Å². The molecule has 0 aliphatic rings. The number of aromatic nitrogens is 1. The number of carboxylic acid groups (broad SMARTS) is 1. The van der Waals surface area contributed by atoms with Crippen LogP contribution >= 0.6 is 0 Å². The van der Waals surface area contributed by atoms with Gasteiger partial charge in [0, 0.05) is 23.5 Å². The van der Waals surface area contributed by atoms with Crippen molar-refractivity contribution in [3.05, 3.63) is 60.3 Å². The van der Waals surface area contributed by atoms with E-state index in [-0.39, 0.29) is 0 Å². The SMILES string of the molecule is Cn1c(C(OC(C)(C)C)C(=O)[O-])c(-c2ccccc2)c2ccccc21. The molecule has 0 saturated heterocycles. The van der Waals surface area contributed by atoms with Crippen LogP contribution in [0.2, 0.25) is 0 Å². The van der Waals surface area contributed by atoms with Crippen LogP contribution in [0.5, 0.6) is 0 Å². The van der Waals surface area contributed by atoms with E-state index in [1.54, 1.807) is 0 Å². The molecule has 0 bridgehead atoms. The topological polar surface area (TPSA) is 54.3 Å². The maximum Gasteiger partial charge on any atom is 0.138 e. The third-order valence-corrected chi connectivity index (χ3v) is 4.15. The lowest BCUT2D eigenvalue weighted by molar-refractivity contribution is -0.321. The number of carbonyl (C=O) groups is 1. The highest BCUT2D eigenvalue weighted by Crippen LogP contribution is 2.39. The second-order valence-electron chi connectivity index (χ2n) is 7.13. The van der Waals surface area contributed by atoms with Crippen LogP contribution in [0.15, 0.2) is 54.6 Å². The largest absolute Gasteiger partial charge is 0.547 e. The average Bonchev–Trinajstić information content (AvgIpc) is 2.85. The van der Waals surface area contributed by atoms with Gasteiger partial charge in [-0.2, -0.15) is 0 Å². The highest BCUT2D eigenvalue weighted by Gasteiger charge is 2.29. The molecule has 0 fully saturated rings. The molecule has 4 nitrogen and oxygen atoms in total. The predicted octanol–water partition coefficient (Wildman–Crippen LogP) is 3.45. The number of carboxylic acids is 1. The van der Waals surface area contributed by atoms with Crippen LogP contribution in [0.4, 0.5) is 0 Å². The van der Waals surface area contributed by atoms with Crippen LogP contribution in [0, 0.1) is 0 Å². The minimum atomic E-state index is -1.24. The van der Waals surface area contributed by atoms with Crippen molar-refractivity contribution in [3.63, 3.8) is 0 Å². The van der Waals surface area contributed by atoms with Crippen molar-refractivity contribution in [2.75, 3.05) is 0 Å². The van der Waals surface area contributed by atoms with E-state index >= 15 is 0 Å². The number of aliphatic carboxylic acids is 1. The Balaban J connectivity index is 2.33. The standard InChI is InChI=1S/C21H23NO3/c1-21(2,3)25-19(20(23)24)18-17(14-10-6-5-7-11-14)15-12-8-9-13-16(15)22(18)4/h5-13,19H,1-4H3,(H,23,24)/p-1. The Morgan fingerprint density at radius 3 is 2.24 bits per heavy atom. The zero-order valence-corrected chi connectivity index (χ0v) is 14.9. The molecule has 25 heavy (non-hydrogen) atoms. The second kappa shape index (κ2) is 6.37. The van der Waals surface area contributed by atoms with E-state index in [2.05, 4.69) is 0 Å². The summed E-state index contributed by atoms with van der Waals surface area (Å²) in [6.07, 6.45) is -1.16. The lowest BCUT2D eigenvalue weighted by atomic mass is 9.99. The molecule has 0 saturated carbocycles. The fraction of sp³-hybridized carbons (Fsp3) is 0.286. The zero-order valence-electron chi connectivity index (χ0n) is 14.9. The van der Waals surface area contributed by atoms with Crippen molar-refractivity contribution >= 4 is 16.9 Å². The molecule has 0 N–H and O–H groups in total. The van der Waals surface area contributed by atoms with Crippen molar-refractivity contribution in [2.24, 2.45) is 7.05 Å². The molecule has 3 rings (SSSR count). The van der Waals surface area contributed by atoms with Gasteiger partial charge < -0.3 is 19.2 Å². The van der Waals surface area contributed by atoms with Gasteiger partial charge in [-0.05, 0) is 32.4 Å². The van der Waals surface area contributed by atoms with Gasteiger partial charge in [0.2, 0.25) is 0 Å². The smallest absolute Gasteiger partial charge is 0.138 e. The first-order valence-electron chi connectivity index (χ1n) is 8.31. The van der Waals surface area contributed by atoms with Crippen molar-refractivity contribution in [3.8, 4) is 11.1 Å². The summed E-state index contributed by atoms with van der Waals surface area (Å²) in [6.45, 7) is 5.52. The molecule has 3 aromatic rings. The summed E-state index contributed by atoms with van der Waals surface area (Å²) in [7, 11) is 1.87. The van der Waals surface area contributed by atoms with Gasteiger partial charge >= 0.3 is 0 Å². The maximum atomic E-state index is 11.9. The normalized spacial score (nSPS) is 13.1. The monoisotopic (exact) mass is 336 g/mol. The summed E-state index contributed by atoms with van der Waals surface area (Å²) < 4.78 is 7.77. The molecule has 2 aromatic carbocycles. The number of hydrogen-bond donors (Lipinski definition) is 0. The number of para-hydroxylation sites is 1. The van der Waals surface area contributed by atoms with Crippen molar-refractivity contribution in [1.82, 2.24) is 4.57 Å². The van der Waals surface area contributed by atoms with Crippen LogP contribution in [0.25, 0.3) is 22.0 Å². The molecule has 4 heteroatoms. The fourth-order valence-electron chi connectivity index (χ4n) is 3.20. The summed E-state index contributed by atoms with van der Waals surface area (Å²) in [4.78, 5) is 11.9. The number of nitrogens with zero attached hydrogens (tertiary/aromatic N) is 1. The van der Waals surface area contributed by atoms with Crippen LogP contribution in [0.1, 0.15) is 32.6 Å². The number of hydrogen-bond acceptors (Lipinski definition) is 3. The Bertz CT molecular complexity index is 904. The molecule has 1 atom stereocenters. The lowest BCUT2D eigenvalue weighted by Crippen LogP contribution is -2.37. The Morgan fingerprint density at radius 1 is 1.04 bits per heavy atom. The predicted molar refractivity (Wildman–Crippen MR) is 96.9 cm³/mol. The third-order valence-electron chi connectivity index (χ3n) is 4.15. The molecule has 0 spiro atoms. The molecule has 1 aromatic heterocycles. The van der Waals surface area contributed by atoms with Crippen molar-refractivity contribution < 1.29 is 14.6 Å². The second-order valence-corrected chi connectivity index (χ2v) is 7.13. The third kappa shape index (κ3) is 3.30. The van der Waals surface area contributed by atoms with Crippen LogP contribution < -0.4 is 5.11 Å². The van der Waals surface area contributed by atoms with E-state index in [0.717, 1.165) is 22.0 Å². The van der Waals surface area contributed by atoms with Gasteiger partial charge in [-0.3, -0.25) is 0 Å². The first-order valence-corrected chi connectivity index (χ1v) is 8.31. The molecule has 0 aliphatic carbocycles. The van der Waals surface area contributed by atoms with E-state index in [9.17, 15) is 9.90 Å². The average molecular weight is 336 g/mol. The highest BCUT2D eigenvalue weighted by atomic mass is 16.5. The molecule has 1 heterocycles. The number of ether oxygens (including phenoxy) is 1. The number of rotatable bonds is 4. The van der Waals surface area contributed by atoms with Crippen molar-refractivity contribution in [1.29, 1.82) is 0 Å². The summed E-state index contributed by atoms with van der Waals surface area (Å²) in [5.41, 5.74) is 2.77. The fourth-order valence-corrected chi connectivity index (χ4v) is 3.20. The zero-order chi connectivity index (χ0) is 18.2. The lowest BCUT2D eigenvalue weighted by Gasteiger charge is -2.29. The summed E-state index contributed by atoms with van der Waals surface area (Å²) in [5.74, 6) is -1.24. The van der Waals surface area contributed by atoms with E-state index in [0.29, 0.717) is 5.69 Å². The van der Waals surface area contributed by atoms with E-state index in [1.165, 1.54) is 0 Å². The molecule has 0 aliphatic heterocycles. The molecular formula is C21H22NO3-. The Kier molecular flexibility index (Phi) is 4.39. The van der Waals surface area contributed by atoms with E-state index < -0.39 is 17.7 Å². The Labute approximate surface area is 147 Å². The Hall–Kier alpha value is -2.59. The molecule has 130 valence electrons. The summed E-state index contributed by atoms with van der Waals surface area (Å²) >= 11 is 0. The minimum absolute atomic E-state index is 0.599.